The third-order valence-corrected chi connectivity index (χ3v) is 7.74. The molecule has 2 aromatic heterocycles. The summed E-state index contributed by atoms with van der Waals surface area (Å²) in [6.45, 7) is 7.86. The van der Waals surface area contributed by atoms with Crippen molar-refractivity contribution in [3.05, 3.63) is 47.3 Å². The summed E-state index contributed by atoms with van der Waals surface area (Å²) in [4.78, 5) is 19.0. The van der Waals surface area contributed by atoms with Crippen molar-refractivity contribution < 1.29 is 4.21 Å². The van der Waals surface area contributed by atoms with Crippen LogP contribution < -0.4 is 10.2 Å². The highest BCUT2D eigenvalue weighted by molar-refractivity contribution is 7.81. The van der Waals surface area contributed by atoms with E-state index >= 15 is 0 Å². The van der Waals surface area contributed by atoms with E-state index in [4.69, 9.17) is 9.97 Å². The van der Waals surface area contributed by atoms with E-state index in [2.05, 4.69) is 39.3 Å². The maximum absolute atomic E-state index is 11.8. The Morgan fingerprint density at radius 1 is 1.06 bits per heavy atom. The SMILES string of the molecule is Cc1cc2cnc(Nc3ccc4c(c3)CN(S(C)=O)C4)nc2c(N2CC3(CN(C)C3)C2)n1. The zero-order valence-electron chi connectivity index (χ0n) is 18.6. The lowest BCUT2D eigenvalue weighted by Gasteiger charge is -2.59. The van der Waals surface area contributed by atoms with Crippen LogP contribution in [0.25, 0.3) is 10.9 Å². The van der Waals surface area contributed by atoms with Crippen LogP contribution in [-0.2, 0) is 24.1 Å². The van der Waals surface area contributed by atoms with E-state index in [1.165, 1.54) is 11.1 Å². The van der Waals surface area contributed by atoms with Gasteiger partial charge in [0.15, 0.2) is 5.82 Å². The van der Waals surface area contributed by atoms with Gasteiger partial charge in [-0.25, -0.2) is 23.5 Å². The van der Waals surface area contributed by atoms with E-state index in [1.807, 2.05) is 29.6 Å². The first-order valence-electron chi connectivity index (χ1n) is 10.9. The molecule has 0 amide bonds. The lowest BCUT2D eigenvalue weighted by molar-refractivity contribution is -0.00267. The zero-order valence-corrected chi connectivity index (χ0v) is 19.4. The molecule has 1 aromatic carbocycles. The first-order valence-corrected chi connectivity index (χ1v) is 12.4. The fraction of sp³-hybridized carbons (Fsp3) is 0.435. The van der Waals surface area contributed by atoms with E-state index in [0.717, 1.165) is 60.8 Å². The van der Waals surface area contributed by atoms with Gasteiger partial charge in [0.1, 0.15) is 5.52 Å². The Balaban J connectivity index is 1.27. The van der Waals surface area contributed by atoms with Crippen LogP contribution in [0.3, 0.4) is 0 Å². The molecule has 32 heavy (non-hydrogen) atoms. The number of benzene rings is 1. The summed E-state index contributed by atoms with van der Waals surface area (Å²) in [5.41, 5.74) is 5.67. The Hall–Kier alpha value is -2.62. The van der Waals surface area contributed by atoms with E-state index in [9.17, 15) is 4.21 Å². The number of rotatable bonds is 4. The van der Waals surface area contributed by atoms with Gasteiger partial charge in [0.2, 0.25) is 5.95 Å². The molecule has 5 heterocycles. The van der Waals surface area contributed by atoms with Crippen molar-refractivity contribution in [3.8, 4) is 0 Å². The van der Waals surface area contributed by atoms with Crippen LogP contribution in [0.1, 0.15) is 16.8 Å². The average Bonchev–Trinajstić information content (AvgIpc) is 3.13. The van der Waals surface area contributed by atoms with Crippen molar-refractivity contribution in [1.82, 2.24) is 24.2 Å². The number of nitrogens with zero attached hydrogens (tertiary/aromatic N) is 6. The van der Waals surface area contributed by atoms with Gasteiger partial charge in [-0.2, -0.15) is 0 Å². The van der Waals surface area contributed by atoms with Crippen molar-refractivity contribution in [3.63, 3.8) is 0 Å². The monoisotopic (exact) mass is 449 g/mol. The van der Waals surface area contributed by atoms with Gasteiger partial charge in [-0.05, 0) is 43.3 Å². The number of aromatic nitrogens is 3. The summed E-state index contributed by atoms with van der Waals surface area (Å²) in [7, 11) is 1.22. The summed E-state index contributed by atoms with van der Waals surface area (Å²) in [6, 6.07) is 8.28. The van der Waals surface area contributed by atoms with Crippen LogP contribution in [0, 0.1) is 12.3 Å². The Bertz CT molecular complexity index is 1250. The molecule has 8 nitrogen and oxygen atoms in total. The van der Waals surface area contributed by atoms with Gasteiger partial charge in [0, 0.05) is 73.9 Å². The average molecular weight is 450 g/mol. The predicted molar refractivity (Wildman–Crippen MR) is 127 cm³/mol. The van der Waals surface area contributed by atoms with E-state index in [0.29, 0.717) is 17.9 Å². The molecule has 1 unspecified atom stereocenters. The van der Waals surface area contributed by atoms with Crippen LogP contribution in [0.2, 0.25) is 0 Å². The molecule has 0 aliphatic carbocycles. The predicted octanol–water partition coefficient (Wildman–Crippen LogP) is 2.44. The fourth-order valence-corrected chi connectivity index (χ4v) is 6.04. The smallest absolute Gasteiger partial charge is 0.227 e. The maximum Gasteiger partial charge on any atom is 0.227 e. The number of pyridine rings is 1. The minimum Gasteiger partial charge on any atom is -0.353 e. The molecular formula is C23H27N7OS. The quantitative estimate of drug-likeness (QED) is 0.656. The third kappa shape index (κ3) is 3.35. The maximum atomic E-state index is 11.8. The summed E-state index contributed by atoms with van der Waals surface area (Å²) in [6.07, 6.45) is 3.61. The molecule has 1 spiro atoms. The number of hydrogen-bond donors (Lipinski definition) is 1. The fourth-order valence-electron chi connectivity index (χ4n) is 5.40. The van der Waals surface area contributed by atoms with Gasteiger partial charge in [-0.1, -0.05) is 6.07 Å². The highest BCUT2D eigenvalue weighted by atomic mass is 32.2. The molecule has 166 valence electrons. The Morgan fingerprint density at radius 2 is 1.84 bits per heavy atom. The van der Waals surface area contributed by atoms with Gasteiger partial charge in [-0.15, -0.1) is 0 Å². The lowest BCUT2D eigenvalue weighted by Crippen LogP contribution is -2.71. The Morgan fingerprint density at radius 3 is 2.59 bits per heavy atom. The second-order valence-electron chi connectivity index (χ2n) is 9.58. The largest absolute Gasteiger partial charge is 0.353 e. The minimum atomic E-state index is -0.962. The standard InChI is InChI=1S/C23H27N7OS/c1-15-6-17-8-24-22(26-19-5-4-16-9-30(32(3)31)10-18(16)7-19)27-20(17)21(25-15)29-13-23(14-29)11-28(2)12-23/h4-8H,9-14H2,1-3H3,(H,24,26,27). The zero-order chi connectivity index (χ0) is 22.0. The number of aryl methyl sites for hydroxylation is 1. The van der Waals surface area contributed by atoms with E-state index < -0.39 is 11.0 Å². The molecule has 0 radical (unpaired) electrons. The molecule has 1 atom stereocenters. The second kappa shape index (κ2) is 7.19. The van der Waals surface area contributed by atoms with E-state index in [-0.39, 0.29) is 0 Å². The molecule has 1 N–H and O–H groups in total. The summed E-state index contributed by atoms with van der Waals surface area (Å²) in [5, 5.41) is 4.38. The number of anilines is 3. The topological polar surface area (TPSA) is 77.5 Å². The van der Waals surface area contributed by atoms with Crippen molar-refractivity contribution in [1.29, 1.82) is 0 Å². The molecule has 3 aliphatic rings. The van der Waals surface area contributed by atoms with Gasteiger partial charge < -0.3 is 15.1 Å². The molecular weight excluding hydrogens is 422 g/mol. The van der Waals surface area contributed by atoms with Crippen LogP contribution in [0.5, 0.6) is 0 Å². The molecule has 0 bridgehead atoms. The number of hydrogen-bond acceptors (Lipinski definition) is 7. The number of nitrogens with one attached hydrogen (secondary N) is 1. The van der Waals surface area contributed by atoms with Crippen LogP contribution in [-0.4, -0.2) is 67.8 Å². The number of likely N-dealkylation sites (tertiary alicyclic amines) is 1. The molecule has 9 heteroatoms. The first-order chi connectivity index (χ1) is 15.4. The van der Waals surface area contributed by atoms with Crippen LogP contribution >= 0.6 is 0 Å². The highest BCUT2D eigenvalue weighted by Gasteiger charge is 2.51. The van der Waals surface area contributed by atoms with Crippen molar-refractivity contribution in [2.45, 2.75) is 20.0 Å². The molecule has 3 aliphatic heterocycles. The summed E-state index contributed by atoms with van der Waals surface area (Å²) in [5.74, 6) is 1.53. The summed E-state index contributed by atoms with van der Waals surface area (Å²) >= 11 is 0. The van der Waals surface area contributed by atoms with Gasteiger partial charge in [0.25, 0.3) is 0 Å². The first kappa shape index (κ1) is 20.0. The van der Waals surface area contributed by atoms with Crippen LogP contribution in [0.4, 0.5) is 17.5 Å². The Labute approximate surface area is 190 Å². The third-order valence-electron chi connectivity index (χ3n) is 6.76. The van der Waals surface area contributed by atoms with Gasteiger partial charge in [0.05, 0.1) is 11.0 Å². The minimum absolute atomic E-state index is 0.432. The van der Waals surface area contributed by atoms with Crippen molar-refractivity contribution in [2.24, 2.45) is 5.41 Å². The molecule has 3 aromatic rings. The van der Waals surface area contributed by atoms with Gasteiger partial charge in [-0.3, -0.25) is 0 Å². The lowest BCUT2D eigenvalue weighted by atomic mass is 9.73. The molecule has 2 saturated heterocycles. The van der Waals surface area contributed by atoms with Crippen molar-refractivity contribution >= 4 is 39.3 Å². The number of fused-ring (bicyclic) bond motifs is 2. The molecule has 2 fully saturated rings. The van der Waals surface area contributed by atoms with Gasteiger partial charge >= 0.3 is 0 Å². The van der Waals surface area contributed by atoms with Crippen LogP contribution in [0.15, 0.2) is 30.5 Å². The molecule has 0 saturated carbocycles. The second-order valence-corrected chi connectivity index (χ2v) is 10.9. The van der Waals surface area contributed by atoms with E-state index in [1.54, 1.807) is 6.26 Å². The normalized spacial score (nSPS) is 20.8. The summed E-state index contributed by atoms with van der Waals surface area (Å²) < 4.78 is 13.8. The highest BCUT2D eigenvalue weighted by Crippen LogP contribution is 2.42. The Kier molecular flexibility index (Phi) is 4.50. The molecule has 6 rings (SSSR count). The van der Waals surface area contributed by atoms with Crippen molar-refractivity contribution in [2.75, 3.05) is 49.7 Å².